The number of hydrogen-bond donors (Lipinski definition) is 0. The van der Waals surface area contributed by atoms with Crippen molar-refractivity contribution in [1.29, 1.82) is 0 Å². The maximum Gasteiger partial charge on any atom is 0.154 e. The number of hydrogen-bond acceptors (Lipinski definition) is 2. The average molecular weight is 216 g/mol. The molecule has 0 aromatic rings. The van der Waals surface area contributed by atoms with Crippen molar-refractivity contribution in [3.8, 4) is 0 Å². The molecule has 0 fully saturated rings. The minimum Gasteiger partial charge on any atom is -0.353 e. The molecule has 15 heavy (non-hydrogen) atoms. The van der Waals surface area contributed by atoms with Crippen LogP contribution in [0.25, 0.3) is 0 Å². The lowest BCUT2D eigenvalue weighted by molar-refractivity contribution is -0.135. The Bertz CT molecular complexity index is 136. The Hall–Kier alpha value is -0.0800. The van der Waals surface area contributed by atoms with Crippen LogP contribution in [-0.2, 0) is 9.47 Å². The maximum atomic E-state index is 5.60. The van der Waals surface area contributed by atoms with Crippen LogP contribution >= 0.6 is 0 Å². The van der Waals surface area contributed by atoms with Crippen molar-refractivity contribution >= 4 is 0 Å². The molecule has 0 aliphatic carbocycles. The van der Waals surface area contributed by atoms with Gasteiger partial charge in [-0.1, -0.05) is 33.6 Å². The summed E-state index contributed by atoms with van der Waals surface area (Å²) in [7, 11) is 0. The summed E-state index contributed by atoms with van der Waals surface area (Å²) in [6.45, 7) is 12.3. The fourth-order valence-corrected chi connectivity index (χ4v) is 1.95. The van der Waals surface area contributed by atoms with E-state index in [2.05, 4.69) is 20.8 Å². The van der Waals surface area contributed by atoms with Crippen LogP contribution in [-0.4, -0.2) is 19.5 Å². The van der Waals surface area contributed by atoms with Crippen LogP contribution in [0.15, 0.2) is 0 Å². The van der Waals surface area contributed by atoms with Gasteiger partial charge >= 0.3 is 0 Å². The molecule has 0 amide bonds. The van der Waals surface area contributed by atoms with Gasteiger partial charge in [0.2, 0.25) is 0 Å². The van der Waals surface area contributed by atoms with Crippen LogP contribution in [0.3, 0.4) is 0 Å². The number of rotatable bonds is 9. The quantitative estimate of drug-likeness (QED) is 0.545. The topological polar surface area (TPSA) is 18.5 Å². The SMILES string of the molecule is CCC[C@@H](C)C[C@@H](C)COC(C)OCC. The third kappa shape index (κ3) is 8.88. The second-order valence-corrected chi connectivity index (χ2v) is 4.59. The first-order valence-electron chi connectivity index (χ1n) is 6.33. The Morgan fingerprint density at radius 3 is 2.13 bits per heavy atom. The van der Waals surface area contributed by atoms with Crippen molar-refractivity contribution in [3.05, 3.63) is 0 Å². The predicted octanol–water partition coefficient (Wildman–Crippen LogP) is 3.85. The first kappa shape index (κ1) is 14.9. The largest absolute Gasteiger partial charge is 0.353 e. The Labute approximate surface area is 95.3 Å². The molecule has 0 bridgehead atoms. The van der Waals surface area contributed by atoms with Crippen molar-refractivity contribution in [1.82, 2.24) is 0 Å². The van der Waals surface area contributed by atoms with Gasteiger partial charge in [0.15, 0.2) is 6.29 Å². The zero-order valence-electron chi connectivity index (χ0n) is 11.1. The van der Waals surface area contributed by atoms with Crippen LogP contribution in [0.4, 0.5) is 0 Å². The summed E-state index contributed by atoms with van der Waals surface area (Å²) >= 11 is 0. The molecule has 0 aliphatic heterocycles. The summed E-state index contributed by atoms with van der Waals surface area (Å²) < 4.78 is 10.9. The lowest BCUT2D eigenvalue weighted by Gasteiger charge is -2.19. The van der Waals surface area contributed by atoms with Gasteiger partial charge in [0.1, 0.15) is 0 Å². The van der Waals surface area contributed by atoms with E-state index in [0.29, 0.717) is 5.92 Å². The molecule has 0 aliphatic rings. The van der Waals surface area contributed by atoms with Crippen LogP contribution in [0.5, 0.6) is 0 Å². The molecule has 3 atom stereocenters. The highest BCUT2D eigenvalue weighted by Crippen LogP contribution is 2.17. The van der Waals surface area contributed by atoms with Crippen LogP contribution in [0, 0.1) is 11.8 Å². The van der Waals surface area contributed by atoms with E-state index in [4.69, 9.17) is 9.47 Å². The van der Waals surface area contributed by atoms with Gasteiger partial charge in [-0.15, -0.1) is 0 Å². The summed E-state index contributed by atoms with van der Waals surface area (Å²) in [5, 5.41) is 0. The maximum absolute atomic E-state index is 5.60. The van der Waals surface area contributed by atoms with Crippen LogP contribution in [0.1, 0.15) is 53.9 Å². The van der Waals surface area contributed by atoms with Crippen molar-refractivity contribution in [2.24, 2.45) is 11.8 Å². The first-order valence-corrected chi connectivity index (χ1v) is 6.33. The van der Waals surface area contributed by atoms with E-state index in [9.17, 15) is 0 Å². The van der Waals surface area contributed by atoms with Crippen molar-refractivity contribution in [2.45, 2.75) is 60.2 Å². The third-order valence-electron chi connectivity index (χ3n) is 2.60. The van der Waals surface area contributed by atoms with Crippen LogP contribution in [0.2, 0.25) is 0 Å². The molecule has 2 nitrogen and oxygen atoms in total. The molecule has 0 aromatic carbocycles. The van der Waals surface area contributed by atoms with Gasteiger partial charge < -0.3 is 9.47 Å². The van der Waals surface area contributed by atoms with E-state index in [1.165, 1.54) is 19.3 Å². The monoisotopic (exact) mass is 216 g/mol. The highest BCUT2D eigenvalue weighted by atomic mass is 16.7. The van der Waals surface area contributed by atoms with E-state index >= 15 is 0 Å². The van der Waals surface area contributed by atoms with E-state index < -0.39 is 0 Å². The molecule has 0 saturated carbocycles. The average Bonchev–Trinajstić information content (AvgIpc) is 2.15. The van der Waals surface area contributed by atoms with Gasteiger partial charge in [0.25, 0.3) is 0 Å². The summed E-state index contributed by atoms with van der Waals surface area (Å²) in [6.07, 6.45) is 3.81. The highest BCUT2D eigenvalue weighted by molar-refractivity contribution is 4.58. The van der Waals surface area contributed by atoms with Crippen molar-refractivity contribution in [2.75, 3.05) is 13.2 Å². The van der Waals surface area contributed by atoms with Gasteiger partial charge in [-0.25, -0.2) is 0 Å². The fourth-order valence-electron chi connectivity index (χ4n) is 1.95. The summed E-state index contributed by atoms with van der Waals surface area (Å²) in [4.78, 5) is 0. The smallest absolute Gasteiger partial charge is 0.154 e. The molecular formula is C13H28O2. The van der Waals surface area contributed by atoms with E-state index in [1.54, 1.807) is 0 Å². The normalized spacial score (nSPS) is 17.4. The molecule has 0 N–H and O–H groups in total. The van der Waals surface area contributed by atoms with Gasteiger partial charge in [0.05, 0.1) is 6.61 Å². The highest BCUT2D eigenvalue weighted by Gasteiger charge is 2.10. The van der Waals surface area contributed by atoms with Crippen molar-refractivity contribution in [3.63, 3.8) is 0 Å². The van der Waals surface area contributed by atoms with Gasteiger partial charge in [-0.2, -0.15) is 0 Å². The summed E-state index contributed by atoms with van der Waals surface area (Å²) in [6, 6.07) is 0. The standard InChI is InChI=1S/C13H28O2/c1-6-8-11(3)9-12(4)10-15-13(5)14-7-2/h11-13H,6-10H2,1-5H3/t11-,12-,13?/m1/s1. The zero-order chi connectivity index (χ0) is 11.7. The van der Waals surface area contributed by atoms with E-state index in [0.717, 1.165) is 19.1 Å². The molecule has 0 rings (SSSR count). The fraction of sp³-hybridized carbons (Fsp3) is 1.00. The van der Waals surface area contributed by atoms with E-state index in [-0.39, 0.29) is 6.29 Å². The second-order valence-electron chi connectivity index (χ2n) is 4.59. The Morgan fingerprint density at radius 2 is 1.60 bits per heavy atom. The minimum atomic E-state index is -0.0565. The third-order valence-corrected chi connectivity index (χ3v) is 2.60. The van der Waals surface area contributed by atoms with E-state index in [1.807, 2.05) is 13.8 Å². The molecule has 92 valence electrons. The van der Waals surface area contributed by atoms with Gasteiger partial charge in [-0.3, -0.25) is 0 Å². The van der Waals surface area contributed by atoms with Gasteiger partial charge in [-0.05, 0) is 32.1 Å². The van der Waals surface area contributed by atoms with Crippen LogP contribution < -0.4 is 0 Å². The Balaban J connectivity index is 3.51. The predicted molar refractivity (Wildman–Crippen MR) is 64.9 cm³/mol. The Kier molecular flexibility index (Phi) is 9.12. The molecular weight excluding hydrogens is 188 g/mol. The molecule has 0 heterocycles. The molecule has 2 heteroatoms. The molecule has 0 aromatic heterocycles. The first-order chi connectivity index (χ1) is 7.10. The molecule has 0 radical (unpaired) electrons. The minimum absolute atomic E-state index is 0.0565. The lowest BCUT2D eigenvalue weighted by atomic mass is 9.94. The molecule has 0 saturated heterocycles. The summed E-state index contributed by atoms with van der Waals surface area (Å²) in [5.74, 6) is 1.45. The molecule has 0 spiro atoms. The summed E-state index contributed by atoms with van der Waals surface area (Å²) in [5.41, 5.74) is 0. The number of ether oxygens (including phenoxy) is 2. The van der Waals surface area contributed by atoms with Crippen molar-refractivity contribution < 1.29 is 9.47 Å². The zero-order valence-corrected chi connectivity index (χ0v) is 11.1. The Morgan fingerprint density at radius 1 is 0.933 bits per heavy atom. The van der Waals surface area contributed by atoms with Gasteiger partial charge in [0, 0.05) is 6.61 Å². The lowest BCUT2D eigenvalue weighted by Crippen LogP contribution is -2.18. The molecule has 1 unspecified atom stereocenters. The second kappa shape index (κ2) is 9.17.